The van der Waals surface area contributed by atoms with Gasteiger partial charge in [0.05, 0.1) is 5.39 Å². The van der Waals surface area contributed by atoms with E-state index >= 15 is 0 Å². The maximum Gasteiger partial charge on any atom is 0.185 e. The molecule has 0 aliphatic carbocycles. The smallest absolute Gasteiger partial charge is 0.185 e. The molecule has 1 saturated heterocycles. The van der Waals surface area contributed by atoms with Crippen molar-refractivity contribution in [1.82, 2.24) is 15.2 Å². The molecule has 6 heteroatoms. The van der Waals surface area contributed by atoms with Crippen LogP contribution in [-0.2, 0) is 0 Å². The fourth-order valence-electron chi connectivity index (χ4n) is 3.89. The zero-order valence-corrected chi connectivity index (χ0v) is 16.3. The Morgan fingerprint density at radius 1 is 1.07 bits per heavy atom. The summed E-state index contributed by atoms with van der Waals surface area (Å²) in [6.07, 6.45) is 1.18. The second kappa shape index (κ2) is 7.13. The number of nitrogens with one attached hydrogen (secondary N) is 1. The second-order valence-corrected chi connectivity index (χ2v) is 7.64. The van der Waals surface area contributed by atoms with Gasteiger partial charge in [-0.1, -0.05) is 37.3 Å². The van der Waals surface area contributed by atoms with Crippen LogP contribution in [0.5, 0.6) is 11.5 Å². The number of ether oxygens (including phenoxy) is 1. The van der Waals surface area contributed by atoms with Gasteiger partial charge in [0.25, 0.3) is 0 Å². The van der Waals surface area contributed by atoms with E-state index in [4.69, 9.17) is 15.5 Å². The molecule has 2 aromatic carbocycles. The highest BCUT2D eigenvalue weighted by Gasteiger charge is 2.22. The third kappa shape index (κ3) is 3.38. The number of aromatic amines is 1. The minimum atomic E-state index is 0.536. The molecule has 1 aliphatic heterocycles. The van der Waals surface area contributed by atoms with Crippen molar-refractivity contribution in [2.45, 2.75) is 13.3 Å². The fraction of sp³-hybridized carbons (Fsp3) is 0.217. The highest BCUT2D eigenvalue weighted by atomic mass is 16.5. The molecule has 1 atom stereocenters. The quantitative estimate of drug-likeness (QED) is 0.525. The maximum absolute atomic E-state index is 6.18. The van der Waals surface area contributed by atoms with Crippen LogP contribution in [0.2, 0.25) is 0 Å². The molecule has 5 rings (SSSR count). The number of para-hydroxylation sites is 1. The Hall–Kier alpha value is -3.54. The summed E-state index contributed by atoms with van der Waals surface area (Å²) in [5.41, 5.74) is 8.91. The molecule has 0 spiro atoms. The van der Waals surface area contributed by atoms with Crippen molar-refractivity contribution in [2.24, 2.45) is 5.92 Å². The first-order chi connectivity index (χ1) is 14.2. The van der Waals surface area contributed by atoms with Gasteiger partial charge in [-0.3, -0.25) is 5.10 Å². The number of anilines is 2. The van der Waals surface area contributed by atoms with E-state index < -0.39 is 0 Å². The van der Waals surface area contributed by atoms with E-state index in [1.165, 1.54) is 6.42 Å². The molecule has 1 fully saturated rings. The summed E-state index contributed by atoms with van der Waals surface area (Å²) < 4.78 is 5.92. The number of hydrogen-bond acceptors (Lipinski definition) is 5. The van der Waals surface area contributed by atoms with Gasteiger partial charge in [-0.15, -0.1) is 0 Å². The molecule has 3 N–H and O–H groups in total. The van der Waals surface area contributed by atoms with Crippen LogP contribution in [0, 0.1) is 5.92 Å². The van der Waals surface area contributed by atoms with Crippen molar-refractivity contribution in [2.75, 3.05) is 23.7 Å². The number of pyridine rings is 1. The van der Waals surface area contributed by atoms with Gasteiger partial charge in [0, 0.05) is 18.7 Å². The van der Waals surface area contributed by atoms with Gasteiger partial charge in [0.15, 0.2) is 5.65 Å². The van der Waals surface area contributed by atoms with Gasteiger partial charge in [-0.05, 0) is 48.2 Å². The average molecular weight is 385 g/mol. The highest BCUT2D eigenvalue weighted by Crippen LogP contribution is 2.36. The van der Waals surface area contributed by atoms with Gasteiger partial charge >= 0.3 is 0 Å². The molecule has 0 saturated carbocycles. The van der Waals surface area contributed by atoms with E-state index in [9.17, 15) is 0 Å². The first kappa shape index (κ1) is 17.6. The summed E-state index contributed by atoms with van der Waals surface area (Å²) in [5, 5.41) is 8.05. The standard InChI is InChI=1S/C23H23N5O/c1-15-11-12-28(14-15)20-13-19(21-22(24)26-27-23(21)25-20)16-7-9-18(10-8-16)29-17-5-3-2-4-6-17/h2-10,13,15H,11-12,14H2,1H3,(H3,24,25,26,27). The van der Waals surface area contributed by atoms with E-state index in [0.717, 1.165) is 46.9 Å². The number of hydrogen-bond donors (Lipinski definition) is 2. The first-order valence-electron chi connectivity index (χ1n) is 9.90. The Labute approximate surface area is 169 Å². The second-order valence-electron chi connectivity index (χ2n) is 7.64. The topological polar surface area (TPSA) is 80.1 Å². The molecule has 1 unspecified atom stereocenters. The molecule has 0 amide bonds. The van der Waals surface area contributed by atoms with Gasteiger partial charge in [0.1, 0.15) is 23.1 Å². The lowest BCUT2D eigenvalue weighted by molar-refractivity contribution is 0.483. The Kier molecular flexibility index (Phi) is 4.31. The van der Waals surface area contributed by atoms with Crippen LogP contribution in [0.15, 0.2) is 60.7 Å². The average Bonchev–Trinajstić information content (AvgIpc) is 3.35. The van der Waals surface area contributed by atoms with E-state index in [0.29, 0.717) is 17.4 Å². The summed E-state index contributed by atoms with van der Waals surface area (Å²) in [5.74, 6) is 3.77. The van der Waals surface area contributed by atoms with Crippen molar-refractivity contribution < 1.29 is 4.74 Å². The molecule has 1 aliphatic rings. The monoisotopic (exact) mass is 385 g/mol. The fourth-order valence-corrected chi connectivity index (χ4v) is 3.89. The van der Waals surface area contributed by atoms with Crippen molar-refractivity contribution >= 4 is 22.7 Å². The number of H-pyrrole nitrogens is 1. The third-order valence-electron chi connectivity index (χ3n) is 5.43. The molecule has 2 aromatic heterocycles. The van der Waals surface area contributed by atoms with Crippen molar-refractivity contribution in [1.29, 1.82) is 0 Å². The number of nitrogen functional groups attached to an aromatic ring is 1. The summed E-state index contributed by atoms with van der Waals surface area (Å²) in [7, 11) is 0. The lowest BCUT2D eigenvalue weighted by Crippen LogP contribution is -2.20. The molecule has 3 heterocycles. The van der Waals surface area contributed by atoms with Crippen LogP contribution in [0.25, 0.3) is 22.2 Å². The first-order valence-corrected chi connectivity index (χ1v) is 9.90. The molecule has 6 nitrogen and oxygen atoms in total. The summed E-state index contributed by atoms with van der Waals surface area (Å²) >= 11 is 0. The Morgan fingerprint density at radius 3 is 2.55 bits per heavy atom. The number of nitrogens with zero attached hydrogens (tertiary/aromatic N) is 3. The summed E-state index contributed by atoms with van der Waals surface area (Å²) in [6.45, 7) is 4.31. The Balaban J connectivity index is 1.52. The van der Waals surface area contributed by atoms with E-state index in [-0.39, 0.29) is 0 Å². The van der Waals surface area contributed by atoms with Gasteiger partial charge < -0.3 is 15.4 Å². The van der Waals surface area contributed by atoms with Crippen LogP contribution in [0.1, 0.15) is 13.3 Å². The van der Waals surface area contributed by atoms with Crippen LogP contribution >= 0.6 is 0 Å². The van der Waals surface area contributed by atoms with Crippen LogP contribution < -0.4 is 15.4 Å². The number of benzene rings is 2. The molecule has 29 heavy (non-hydrogen) atoms. The Morgan fingerprint density at radius 2 is 1.83 bits per heavy atom. The Bertz CT molecular complexity index is 1140. The molecular weight excluding hydrogens is 362 g/mol. The normalized spacial score (nSPS) is 16.4. The number of rotatable bonds is 4. The van der Waals surface area contributed by atoms with E-state index in [1.807, 2.05) is 42.5 Å². The maximum atomic E-state index is 6.18. The van der Waals surface area contributed by atoms with Crippen LogP contribution in [-0.4, -0.2) is 28.3 Å². The highest BCUT2D eigenvalue weighted by molar-refractivity contribution is 6.01. The predicted molar refractivity (Wildman–Crippen MR) is 116 cm³/mol. The number of aromatic nitrogens is 3. The minimum absolute atomic E-state index is 0.536. The van der Waals surface area contributed by atoms with Gasteiger partial charge in [-0.2, -0.15) is 5.10 Å². The van der Waals surface area contributed by atoms with Crippen molar-refractivity contribution in [3.05, 3.63) is 60.7 Å². The minimum Gasteiger partial charge on any atom is -0.457 e. The zero-order valence-electron chi connectivity index (χ0n) is 16.3. The lowest BCUT2D eigenvalue weighted by atomic mass is 10.0. The van der Waals surface area contributed by atoms with Crippen molar-refractivity contribution in [3.8, 4) is 22.6 Å². The van der Waals surface area contributed by atoms with Crippen LogP contribution in [0.4, 0.5) is 11.6 Å². The molecule has 0 bridgehead atoms. The third-order valence-corrected chi connectivity index (χ3v) is 5.43. The molecule has 0 radical (unpaired) electrons. The van der Waals surface area contributed by atoms with Crippen molar-refractivity contribution in [3.63, 3.8) is 0 Å². The number of fused-ring (bicyclic) bond motifs is 1. The van der Waals surface area contributed by atoms with Crippen LogP contribution in [0.3, 0.4) is 0 Å². The molecular formula is C23H23N5O. The van der Waals surface area contributed by atoms with Gasteiger partial charge in [0.2, 0.25) is 0 Å². The molecule has 4 aromatic rings. The summed E-state index contributed by atoms with van der Waals surface area (Å²) in [6, 6.07) is 19.9. The van der Waals surface area contributed by atoms with Gasteiger partial charge in [-0.25, -0.2) is 4.98 Å². The van der Waals surface area contributed by atoms with E-state index in [1.54, 1.807) is 0 Å². The SMILES string of the molecule is CC1CCN(c2cc(-c3ccc(Oc4ccccc4)cc3)c3c(N)[nH]nc3n2)C1. The number of nitrogens with two attached hydrogens (primary N) is 1. The van der Waals surface area contributed by atoms with E-state index in [2.05, 4.69) is 40.2 Å². The zero-order chi connectivity index (χ0) is 19.8. The summed E-state index contributed by atoms with van der Waals surface area (Å²) in [4.78, 5) is 7.08. The largest absolute Gasteiger partial charge is 0.457 e. The lowest BCUT2D eigenvalue weighted by Gasteiger charge is -2.18. The molecule has 146 valence electrons. The predicted octanol–water partition coefficient (Wildman–Crippen LogP) is 4.85.